The number of nitrogens with zero attached hydrogens (tertiary/aromatic N) is 1. The summed E-state index contributed by atoms with van der Waals surface area (Å²) in [6.45, 7) is 3.07. The van der Waals surface area contributed by atoms with Crippen molar-refractivity contribution in [2.24, 2.45) is 0 Å². The molecule has 0 radical (unpaired) electrons. The molecule has 0 atom stereocenters. The Morgan fingerprint density at radius 2 is 1.88 bits per heavy atom. The van der Waals surface area contributed by atoms with Crippen molar-refractivity contribution in [3.8, 4) is 0 Å². The number of hydrogen-bond donors (Lipinski definition) is 1. The zero-order valence-electron chi connectivity index (χ0n) is 9.92. The second kappa shape index (κ2) is 6.59. The largest absolute Gasteiger partial charge is 0.396 e. The van der Waals surface area contributed by atoms with Crippen molar-refractivity contribution in [3.05, 3.63) is 30.3 Å². The highest BCUT2D eigenvalue weighted by Gasteiger charge is 2.19. The van der Waals surface area contributed by atoms with Gasteiger partial charge in [0.15, 0.2) is 6.29 Å². The lowest BCUT2D eigenvalue weighted by atomic mass is 10.2. The Morgan fingerprint density at radius 3 is 2.53 bits per heavy atom. The fraction of sp³-hybridized carbons (Fsp3) is 0.538. The van der Waals surface area contributed by atoms with Gasteiger partial charge in [-0.2, -0.15) is 0 Å². The molecule has 4 heteroatoms. The highest BCUT2D eigenvalue weighted by molar-refractivity contribution is 5.45. The molecule has 0 saturated carbocycles. The molecule has 0 spiro atoms. The molecule has 1 N–H and O–H groups in total. The molecule has 1 saturated heterocycles. The summed E-state index contributed by atoms with van der Waals surface area (Å²) < 4.78 is 10.9. The maximum atomic E-state index is 8.93. The number of anilines is 1. The summed E-state index contributed by atoms with van der Waals surface area (Å²) in [5, 5.41) is 8.93. The minimum atomic E-state index is -0.145. The van der Waals surface area contributed by atoms with E-state index >= 15 is 0 Å². The quantitative estimate of drug-likeness (QED) is 0.808. The minimum Gasteiger partial charge on any atom is -0.396 e. The molecule has 0 aliphatic carbocycles. The summed E-state index contributed by atoms with van der Waals surface area (Å²) in [6.07, 6.45) is 0.607. The molecule has 1 aromatic rings. The third-order valence-corrected chi connectivity index (χ3v) is 2.77. The van der Waals surface area contributed by atoms with Crippen molar-refractivity contribution in [2.75, 3.05) is 37.8 Å². The van der Waals surface area contributed by atoms with Gasteiger partial charge in [0.1, 0.15) is 0 Å². The third kappa shape index (κ3) is 3.70. The highest BCUT2D eigenvalue weighted by atomic mass is 16.7. The maximum Gasteiger partial charge on any atom is 0.175 e. The summed E-state index contributed by atoms with van der Waals surface area (Å²) in [4.78, 5) is 2.19. The lowest BCUT2D eigenvalue weighted by Crippen LogP contribution is -2.34. The summed E-state index contributed by atoms with van der Waals surface area (Å²) in [6, 6.07) is 10.1. The van der Waals surface area contributed by atoms with Crippen molar-refractivity contribution in [1.29, 1.82) is 0 Å². The van der Waals surface area contributed by atoms with Gasteiger partial charge in [0.05, 0.1) is 19.8 Å². The molecular formula is C13H19NO3. The van der Waals surface area contributed by atoms with Gasteiger partial charge in [0, 0.05) is 18.8 Å². The predicted molar refractivity (Wildman–Crippen MR) is 66.0 cm³/mol. The highest BCUT2D eigenvalue weighted by Crippen LogP contribution is 2.16. The van der Waals surface area contributed by atoms with E-state index in [2.05, 4.69) is 17.0 Å². The molecule has 1 aliphatic rings. The third-order valence-electron chi connectivity index (χ3n) is 2.77. The number of benzene rings is 1. The molecule has 1 fully saturated rings. The second-order valence-corrected chi connectivity index (χ2v) is 4.03. The van der Waals surface area contributed by atoms with Crippen LogP contribution >= 0.6 is 0 Å². The number of hydrogen-bond acceptors (Lipinski definition) is 4. The SMILES string of the molecule is OCCCN(CC1OCCO1)c1ccccc1. The monoisotopic (exact) mass is 237 g/mol. The van der Waals surface area contributed by atoms with Crippen molar-refractivity contribution in [3.63, 3.8) is 0 Å². The van der Waals surface area contributed by atoms with E-state index in [9.17, 15) is 0 Å². The van der Waals surface area contributed by atoms with E-state index < -0.39 is 0 Å². The average Bonchev–Trinajstić information content (AvgIpc) is 2.88. The van der Waals surface area contributed by atoms with Gasteiger partial charge in [-0.05, 0) is 18.6 Å². The van der Waals surface area contributed by atoms with Crippen LogP contribution in [0, 0.1) is 0 Å². The van der Waals surface area contributed by atoms with Gasteiger partial charge in [-0.3, -0.25) is 0 Å². The van der Waals surface area contributed by atoms with Gasteiger partial charge in [-0.1, -0.05) is 18.2 Å². The van der Waals surface area contributed by atoms with Gasteiger partial charge < -0.3 is 19.5 Å². The van der Waals surface area contributed by atoms with Crippen LogP contribution in [-0.2, 0) is 9.47 Å². The minimum absolute atomic E-state index is 0.145. The summed E-state index contributed by atoms with van der Waals surface area (Å²) in [5.74, 6) is 0. The molecule has 1 aromatic carbocycles. The first kappa shape index (κ1) is 12.4. The van der Waals surface area contributed by atoms with Crippen LogP contribution in [0.5, 0.6) is 0 Å². The van der Waals surface area contributed by atoms with E-state index in [1.807, 2.05) is 18.2 Å². The van der Waals surface area contributed by atoms with E-state index in [4.69, 9.17) is 14.6 Å². The Kier molecular flexibility index (Phi) is 4.79. The first-order valence-electron chi connectivity index (χ1n) is 6.04. The van der Waals surface area contributed by atoms with Crippen molar-refractivity contribution in [1.82, 2.24) is 0 Å². The van der Waals surface area contributed by atoms with Crippen molar-refractivity contribution in [2.45, 2.75) is 12.7 Å². The van der Waals surface area contributed by atoms with Crippen LogP contribution in [0.3, 0.4) is 0 Å². The van der Waals surface area contributed by atoms with Crippen LogP contribution in [0.25, 0.3) is 0 Å². The number of aliphatic hydroxyl groups is 1. The van der Waals surface area contributed by atoms with E-state index in [-0.39, 0.29) is 12.9 Å². The molecule has 0 unspecified atom stereocenters. The molecule has 0 bridgehead atoms. The first-order chi connectivity index (χ1) is 8.40. The Balaban J connectivity index is 1.97. The molecule has 1 aliphatic heterocycles. The molecule has 1 heterocycles. The summed E-state index contributed by atoms with van der Waals surface area (Å²) in [7, 11) is 0. The topological polar surface area (TPSA) is 41.9 Å². The molecular weight excluding hydrogens is 218 g/mol. The van der Waals surface area contributed by atoms with E-state index in [1.165, 1.54) is 0 Å². The zero-order chi connectivity index (χ0) is 11.9. The first-order valence-corrected chi connectivity index (χ1v) is 6.04. The molecule has 2 rings (SSSR count). The molecule has 17 heavy (non-hydrogen) atoms. The lowest BCUT2D eigenvalue weighted by molar-refractivity contribution is -0.0344. The summed E-state index contributed by atoms with van der Waals surface area (Å²) in [5.41, 5.74) is 1.14. The summed E-state index contributed by atoms with van der Waals surface area (Å²) >= 11 is 0. The van der Waals surface area contributed by atoms with Crippen LogP contribution in [0.15, 0.2) is 30.3 Å². The fourth-order valence-corrected chi connectivity index (χ4v) is 1.92. The van der Waals surface area contributed by atoms with Crippen molar-refractivity contribution < 1.29 is 14.6 Å². The van der Waals surface area contributed by atoms with E-state index in [0.717, 1.165) is 18.7 Å². The number of aliphatic hydroxyl groups excluding tert-OH is 1. The lowest BCUT2D eigenvalue weighted by Gasteiger charge is -2.26. The number of para-hydroxylation sites is 1. The van der Waals surface area contributed by atoms with Crippen LogP contribution < -0.4 is 4.90 Å². The smallest absolute Gasteiger partial charge is 0.175 e. The van der Waals surface area contributed by atoms with Crippen LogP contribution in [0.4, 0.5) is 5.69 Å². The average molecular weight is 237 g/mol. The molecule has 0 aromatic heterocycles. The van der Waals surface area contributed by atoms with Gasteiger partial charge in [0.25, 0.3) is 0 Å². The van der Waals surface area contributed by atoms with Crippen LogP contribution in [-0.4, -0.2) is 44.3 Å². The van der Waals surface area contributed by atoms with Crippen molar-refractivity contribution >= 4 is 5.69 Å². The van der Waals surface area contributed by atoms with Gasteiger partial charge in [-0.25, -0.2) is 0 Å². The maximum absolute atomic E-state index is 8.93. The normalized spacial score (nSPS) is 16.3. The van der Waals surface area contributed by atoms with Crippen LogP contribution in [0.1, 0.15) is 6.42 Å². The Morgan fingerprint density at radius 1 is 1.18 bits per heavy atom. The van der Waals surface area contributed by atoms with Crippen LogP contribution in [0.2, 0.25) is 0 Å². The molecule has 0 amide bonds. The molecule has 94 valence electrons. The Labute approximate surface area is 102 Å². The Hall–Kier alpha value is -1.10. The zero-order valence-corrected chi connectivity index (χ0v) is 9.92. The van der Waals surface area contributed by atoms with Gasteiger partial charge in [0.2, 0.25) is 0 Å². The van der Waals surface area contributed by atoms with Gasteiger partial charge >= 0.3 is 0 Å². The number of rotatable bonds is 6. The Bertz CT molecular complexity index is 312. The standard InChI is InChI=1S/C13H19NO3/c15-8-4-7-14(11-13-16-9-10-17-13)12-5-2-1-3-6-12/h1-3,5-6,13,15H,4,7-11H2. The predicted octanol–water partition coefficient (Wildman–Crippen LogP) is 1.25. The number of ether oxygens (including phenoxy) is 2. The van der Waals surface area contributed by atoms with E-state index in [0.29, 0.717) is 19.8 Å². The van der Waals surface area contributed by atoms with E-state index in [1.54, 1.807) is 0 Å². The van der Waals surface area contributed by atoms with Gasteiger partial charge in [-0.15, -0.1) is 0 Å². The fourth-order valence-electron chi connectivity index (χ4n) is 1.92. The molecule has 4 nitrogen and oxygen atoms in total. The second-order valence-electron chi connectivity index (χ2n) is 4.03.